The van der Waals surface area contributed by atoms with Crippen LogP contribution in [0.15, 0.2) is 0 Å². The number of hydrogen-bond acceptors (Lipinski definition) is 4. The predicted molar refractivity (Wildman–Crippen MR) is 212 cm³/mol. The molecule has 6 saturated carbocycles. The molecule has 0 atom stereocenters. The van der Waals surface area contributed by atoms with Crippen LogP contribution in [0.5, 0.6) is 0 Å². The van der Waals surface area contributed by atoms with Gasteiger partial charge in [-0.1, -0.05) is 193 Å². The zero-order chi connectivity index (χ0) is 34.8. The number of rotatable bonds is 6. The average Bonchev–Trinajstić information content (AvgIpc) is 3.13. The summed E-state index contributed by atoms with van der Waals surface area (Å²) in [6.45, 7) is 6.89. The molecule has 0 heterocycles. The first-order valence-corrected chi connectivity index (χ1v) is 26.3. The molecular weight excluding hydrogens is 672 g/mol. The van der Waals surface area contributed by atoms with E-state index in [-0.39, 0.29) is 33.9 Å². The molecule has 0 aliphatic heterocycles. The van der Waals surface area contributed by atoms with Crippen LogP contribution in [0.25, 0.3) is 0 Å². The van der Waals surface area contributed by atoms with Crippen molar-refractivity contribution in [3.05, 3.63) is 0 Å². The molecule has 0 unspecified atom stereocenters. The summed E-state index contributed by atoms with van der Waals surface area (Å²) >= 11 is 0. The summed E-state index contributed by atoms with van der Waals surface area (Å²) in [6, 6.07) is 0. The third-order valence-corrected chi connectivity index (χ3v) is 24.9. The molecule has 4 nitrogen and oxygen atoms in total. The maximum atomic E-state index is 12.0. The minimum Gasteiger partial charge on any atom is -0.431 e. The van der Waals surface area contributed by atoms with E-state index in [1.165, 1.54) is 193 Å². The van der Waals surface area contributed by atoms with Gasteiger partial charge in [0.05, 0.1) is 0 Å². The topological polar surface area (TPSA) is 80.9 Å². The van der Waals surface area contributed by atoms with Gasteiger partial charge in [-0.3, -0.25) is 0 Å². The maximum Gasteiger partial charge on any atom is 0.197 e. The number of aliphatic hydroxyl groups excluding tert-OH is 2. The molecule has 49 heavy (non-hydrogen) atoms. The summed E-state index contributed by atoms with van der Waals surface area (Å²) in [6.07, 6.45) is 41.5. The largest absolute Gasteiger partial charge is 0.431 e. The van der Waals surface area contributed by atoms with Crippen LogP contribution in [0, 0.1) is 0 Å². The van der Waals surface area contributed by atoms with Gasteiger partial charge < -0.3 is 19.8 Å². The molecule has 4 N–H and O–H groups in total. The SMILES string of the molecule is CC(C)O.CC(C)O.O[Si](C1CCCCC1)(C1CCCCC1)C1CCCCC1.O[Si](C1CCCCC1)(C1CCCCC1)C1CCCCC1.[Ti]. The summed E-state index contributed by atoms with van der Waals surface area (Å²) in [5.74, 6) is 0. The quantitative estimate of drug-likeness (QED) is 0.203. The monoisotopic (exact) mass is 757 g/mol. The van der Waals surface area contributed by atoms with Crippen molar-refractivity contribution in [2.24, 2.45) is 0 Å². The van der Waals surface area contributed by atoms with Crippen LogP contribution in [0.3, 0.4) is 0 Å². The average molecular weight is 757 g/mol. The third kappa shape index (κ3) is 15.0. The van der Waals surface area contributed by atoms with Crippen LogP contribution in [0.2, 0.25) is 33.2 Å². The summed E-state index contributed by atoms with van der Waals surface area (Å²) < 4.78 is 0. The van der Waals surface area contributed by atoms with Gasteiger partial charge in [-0.25, -0.2) is 0 Å². The first-order valence-electron chi connectivity index (χ1n) is 21.9. The molecule has 6 rings (SSSR count). The van der Waals surface area contributed by atoms with Gasteiger partial charge in [-0.05, 0) is 60.9 Å². The molecule has 0 spiro atoms. The van der Waals surface area contributed by atoms with Crippen molar-refractivity contribution in [2.75, 3.05) is 0 Å². The van der Waals surface area contributed by atoms with Crippen LogP contribution in [0.4, 0.5) is 0 Å². The molecule has 0 aromatic heterocycles. The second-order valence-electron chi connectivity index (χ2n) is 18.0. The molecule has 6 fully saturated rings. The zero-order valence-electron chi connectivity index (χ0n) is 33.1. The maximum absolute atomic E-state index is 12.0. The van der Waals surface area contributed by atoms with E-state index in [0.29, 0.717) is 0 Å². The molecule has 7 heteroatoms. The van der Waals surface area contributed by atoms with Crippen LogP contribution in [0.1, 0.15) is 220 Å². The second-order valence-corrected chi connectivity index (χ2v) is 26.4. The molecule has 6 aliphatic carbocycles. The molecule has 0 radical (unpaired) electrons. The fourth-order valence-corrected chi connectivity index (χ4v) is 23.4. The van der Waals surface area contributed by atoms with Crippen molar-refractivity contribution < 1.29 is 41.5 Å². The van der Waals surface area contributed by atoms with E-state index in [9.17, 15) is 9.59 Å². The van der Waals surface area contributed by atoms with Crippen molar-refractivity contribution in [1.29, 1.82) is 0 Å². The molecule has 0 aromatic carbocycles. The van der Waals surface area contributed by atoms with Crippen LogP contribution < -0.4 is 0 Å². The van der Waals surface area contributed by atoms with Crippen LogP contribution in [-0.4, -0.2) is 48.6 Å². The Bertz CT molecular complexity index is 630. The van der Waals surface area contributed by atoms with Gasteiger partial charge in [0.1, 0.15) is 0 Å². The van der Waals surface area contributed by atoms with Crippen molar-refractivity contribution >= 4 is 16.6 Å². The van der Waals surface area contributed by atoms with Crippen molar-refractivity contribution in [2.45, 2.75) is 266 Å². The van der Waals surface area contributed by atoms with Gasteiger partial charge in [-0.2, -0.15) is 0 Å². The molecule has 0 amide bonds. The Morgan fingerprint density at radius 2 is 0.408 bits per heavy atom. The van der Waals surface area contributed by atoms with Crippen molar-refractivity contribution in [1.82, 2.24) is 0 Å². The van der Waals surface area contributed by atoms with E-state index in [1.807, 2.05) is 0 Å². The van der Waals surface area contributed by atoms with Crippen LogP contribution >= 0.6 is 0 Å². The Balaban J connectivity index is 0.000000275. The van der Waals surface area contributed by atoms with Gasteiger partial charge >= 0.3 is 0 Å². The van der Waals surface area contributed by atoms with E-state index < -0.39 is 16.6 Å². The standard InChI is InChI=1S/2C18H34OSi.2C3H8O.Ti/c2*19-20(16-10-4-1-5-11-16,17-12-6-2-7-13-17)18-14-8-3-9-15-18;2*1-3(2)4;/h2*16-19H,1-15H2;2*3-4H,1-2H3;. The third-order valence-electron chi connectivity index (χ3n) is 13.6. The normalized spacial score (nSPS) is 24.9. The second kappa shape index (κ2) is 25.1. The minimum absolute atomic E-state index is 0. The van der Waals surface area contributed by atoms with E-state index >= 15 is 0 Å². The molecule has 0 aromatic rings. The molecular formula is C42H84O4Si2Ti. The fourth-order valence-electron chi connectivity index (χ4n) is 11.4. The summed E-state index contributed by atoms with van der Waals surface area (Å²) in [7, 11) is -4.09. The van der Waals surface area contributed by atoms with E-state index in [2.05, 4.69) is 0 Å². The Morgan fingerprint density at radius 1 is 0.306 bits per heavy atom. The van der Waals surface area contributed by atoms with Gasteiger partial charge in [-0.15, -0.1) is 0 Å². The van der Waals surface area contributed by atoms with Crippen LogP contribution in [-0.2, 0) is 21.7 Å². The zero-order valence-corrected chi connectivity index (χ0v) is 36.7. The summed E-state index contributed by atoms with van der Waals surface area (Å²) in [4.78, 5) is 24.0. The van der Waals surface area contributed by atoms with Crippen molar-refractivity contribution in [3.8, 4) is 0 Å². The summed E-state index contributed by atoms with van der Waals surface area (Å²) in [5.41, 5.74) is 4.60. The number of hydrogen-bond donors (Lipinski definition) is 4. The molecule has 288 valence electrons. The van der Waals surface area contributed by atoms with Gasteiger partial charge in [0.2, 0.25) is 0 Å². The Hall–Kier alpha value is 0.988. The predicted octanol–water partition coefficient (Wildman–Crippen LogP) is 12.6. The first kappa shape index (κ1) is 46.1. The van der Waals surface area contributed by atoms with Crippen molar-refractivity contribution in [3.63, 3.8) is 0 Å². The van der Waals surface area contributed by atoms with Gasteiger partial charge in [0, 0.05) is 33.9 Å². The summed E-state index contributed by atoms with van der Waals surface area (Å²) in [5, 5.41) is 16.1. The fraction of sp³-hybridized carbons (Fsp3) is 1.00. The van der Waals surface area contributed by atoms with E-state index in [1.54, 1.807) is 27.7 Å². The van der Waals surface area contributed by atoms with Gasteiger partial charge in [0.15, 0.2) is 16.6 Å². The van der Waals surface area contributed by atoms with E-state index in [4.69, 9.17) is 10.2 Å². The smallest absolute Gasteiger partial charge is 0.197 e. The molecule has 0 saturated heterocycles. The Kier molecular flexibility index (Phi) is 23.7. The van der Waals surface area contributed by atoms with E-state index in [0.717, 1.165) is 33.2 Å². The Morgan fingerprint density at radius 3 is 0.510 bits per heavy atom. The minimum atomic E-state index is -2.05. The van der Waals surface area contributed by atoms with Gasteiger partial charge in [0.25, 0.3) is 0 Å². The number of aliphatic hydroxyl groups is 2. The first-order chi connectivity index (χ1) is 23.1. The Labute approximate surface area is 322 Å². The molecule has 6 aliphatic rings. The molecule has 0 bridgehead atoms.